The molecule has 0 fully saturated rings. The van der Waals surface area contributed by atoms with Crippen molar-refractivity contribution in [2.24, 2.45) is 0 Å². The molecule has 1 aromatic heterocycles. The van der Waals surface area contributed by atoms with Crippen LogP contribution in [0, 0.1) is 0 Å². The number of hydrogen-bond donors (Lipinski definition) is 4. The van der Waals surface area contributed by atoms with E-state index in [1.54, 1.807) is 10.8 Å². The van der Waals surface area contributed by atoms with E-state index in [4.69, 9.17) is 9.84 Å². The number of fused-ring (bicyclic) bond motifs is 1. The van der Waals surface area contributed by atoms with Crippen LogP contribution >= 0.6 is 21.6 Å². The maximum atomic E-state index is 13.2. The number of nitrogens with zero attached hydrogens (tertiary/aromatic N) is 1. The zero-order valence-corrected chi connectivity index (χ0v) is 24.4. The summed E-state index contributed by atoms with van der Waals surface area (Å²) in [7, 11) is 4.43. The third-order valence-corrected chi connectivity index (χ3v) is 8.68. The van der Waals surface area contributed by atoms with E-state index >= 15 is 0 Å². The molecule has 0 spiro atoms. The summed E-state index contributed by atoms with van der Waals surface area (Å²) in [5.74, 6) is -3.32. The lowest BCUT2D eigenvalue weighted by molar-refractivity contribution is -0.152. The van der Waals surface area contributed by atoms with Gasteiger partial charge >= 0.3 is 11.9 Å². The molecule has 2 aromatic rings. The fourth-order valence-electron chi connectivity index (χ4n) is 3.38. The molecular formula is C26H36N4O7S2. The Morgan fingerprint density at radius 3 is 2.46 bits per heavy atom. The number of aliphatic carboxylic acids is 1. The van der Waals surface area contributed by atoms with Crippen LogP contribution in [0.25, 0.3) is 10.9 Å². The summed E-state index contributed by atoms with van der Waals surface area (Å²) in [6.07, 6.45) is 2.54. The quantitative estimate of drug-likeness (QED) is 0.194. The number of carbonyl (C=O) groups excluding carboxylic acids is 4. The van der Waals surface area contributed by atoms with Crippen LogP contribution in [0.4, 0.5) is 0 Å². The topological polar surface area (TPSA) is 158 Å². The second-order valence-electron chi connectivity index (χ2n) is 9.94. The molecular weight excluding hydrogens is 544 g/mol. The van der Waals surface area contributed by atoms with Gasteiger partial charge in [0, 0.05) is 41.1 Å². The number of benzene rings is 1. The Balaban J connectivity index is 1.94. The van der Waals surface area contributed by atoms with Crippen molar-refractivity contribution in [1.82, 2.24) is 20.5 Å². The number of carbonyl (C=O) groups is 5. The Morgan fingerprint density at radius 2 is 1.79 bits per heavy atom. The Labute approximate surface area is 235 Å². The first kappa shape index (κ1) is 32.0. The minimum atomic E-state index is -1.22. The van der Waals surface area contributed by atoms with Gasteiger partial charge in [0.1, 0.15) is 18.6 Å². The molecule has 0 radical (unpaired) electrons. The molecule has 214 valence electrons. The van der Waals surface area contributed by atoms with Gasteiger partial charge in [-0.1, -0.05) is 60.6 Å². The van der Waals surface area contributed by atoms with Gasteiger partial charge in [0.2, 0.25) is 11.8 Å². The summed E-state index contributed by atoms with van der Waals surface area (Å²) in [5.41, 5.74) is 1.99. The number of nitrogens with one attached hydrogen (secondary N) is 3. The fraction of sp³-hybridized carbons (Fsp3) is 0.500. The van der Waals surface area contributed by atoms with E-state index in [1.165, 1.54) is 24.8 Å². The van der Waals surface area contributed by atoms with Crippen molar-refractivity contribution in [3.8, 4) is 0 Å². The van der Waals surface area contributed by atoms with E-state index < -0.39 is 49.0 Å². The minimum absolute atomic E-state index is 0.0635. The third-order valence-electron chi connectivity index (χ3n) is 5.33. The molecule has 0 aliphatic carbocycles. The van der Waals surface area contributed by atoms with Gasteiger partial charge in [0.15, 0.2) is 6.61 Å². The van der Waals surface area contributed by atoms with E-state index in [9.17, 15) is 24.0 Å². The molecule has 1 heterocycles. The van der Waals surface area contributed by atoms with Crippen molar-refractivity contribution in [2.45, 2.75) is 57.4 Å². The lowest BCUT2D eigenvalue weighted by atomic mass is 10.1. The molecule has 0 unspecified atom stereocenters. The zero-order chi connectivity index (χ0) is 29.2. The van der Waals surface area contributed by atoms with Crippen molar-refractivity contribution in [3.05, 3.63) is 36.0 Å². The highest BCUT2D eigenvalue weighted by Crippen LogP contribution is 2.35. The summed E-state index contributed by atoms with van der Waals surface area (Å²) in [6.45, 7) is 6.27. The Bertz CT molecular complexity index is 1180. The molecule has 13 heteroatoms. The first-order chi connectivity index (χ1) is 18.3. The standard InChI is InChI=1S/C26H36N4O7S2/c1-16(25(35)36)28-22(32)14-37-23(33)13-30(5)24(34)20(15-38-39-26(2,3)4)29-21(31)11-10-17-12-27-19-9-7-6-8-18(17)19/h6-9,12,16,20,27H,10-11,13-15H2,1-5H3,(H,28,32)(H,29,31)(H,35,36)/t16-,20-/m0/s1. The van der Waals surface area contributed by atoms with Gasteiger partial charge in [-0.25, -0.2) is 0 Å². The van der Waals surface area contributed by atoms with Gasteiger partial charge < -0.3 is 30.4 Å². The molecule has 3 amide bonds. The van der Waals surface area contributed by atoms with Gasteiger partial charge in [-0.05, 0) is 25.0 Å². The number of ether oxygens (including phenoxy) is 1. The lowest BCUT2D eigenvalue weighted by Crippen LogP contribution is -2.50. The van der Waals surface area contributed by atoms with Crippen LogP contribution in [0.15, 0.2) is 30.5 Å². The van der Waals surface area contributed by atoms with E-state index in [0.717, 1.165) is 21.4 Å². The molecule has 11 nitrogen and oxygen atoms in total. The monoisotopic (exact) mass is 580 g/mol. The zero-order valence-electron chi connectivity index (χ0n) is 22.7. The minimum Gasteiger partial charge on any atom is -0.480 e. The first-order valence-electron chi connectivity index (χ1n) is 12.3. The highest BCUT2D eigenvalue weighted by Gasteiger charge is 2.27. The molecule has 4 N–H and O–H groups in total. The van der Waals surface area contributed by atoms with Crippen molar-refractivity contribution in [2.75, 3.05) is 26.0 Å². The van der Waals surface area contributed by atoms with Gasteiger partial charge in [0.05, 0.1) is 0 Å². The molecule has 0 saturated heterocycles. The number of aryl methyl sites for hydroxylation is 1. The molecule has 1 aromatic carbocycles. The predicted molar refractivity (Wildman–Crippen MR) is 152 cm³/mol. The number of likely N-dealkylation sites (N-methyl/N-ethyl adjacent to an activating group) is 1. The lowest BCUT2D eigenvalue weighted by Gasteiger charge is -2.25. The van der Waals surface area contributed by atoms with Gasteiger partial charge in [-0.15, -0.1) is 0 Å². The van der Waals surface area contributed by atoms with Crippen molar-refractivity contribution in [3.63, 3.8) is 0 Å². The Morgan fingerprint density at radius 1 is 1.10 bits per heavy atom. The van der Waals surface area contributed by atoms with Crippen molar-refractivity contribution in [1.29, 1.82) is 0 Å². The highest BCUT2D eigenvalue weighted by atomic mass is 33.1. The largest absolute Gasteiger partial charge is 0.480 e. The summed E-state index contributed by atoms with van der Waals surface area (Å²) in [5, 5.41) is 14.8. The molecule has 0 saturated carbocycles. The fourth-order valence-corrected chi connectivity index (χ4v) is 5.84. The molecule has 2 rings (SSSR count). The average Bonchev–Trinajstić information content (AvgIpc) is 3.27. The van der Waals surface area contributed by atoms with Crippen LogP contribution in [-0.4, -0.2) is 87.4 Å². The van der Waals surface area contributed by atoms with Crippen molar-refractivity contribution < 1.29 is 33.8 Å². The smallest absolute Gasteiger partial charge is 0.326 e. The SMILES string of the molecule is C[C@H](NC(=O)COC(=O)CN(C)C(=O)[C@H](CSSC(C)(C)C)NC(=O)CCc1c[nH]c2ccccc12)C(=O)O. The van der Waals surface area contributed by atoms with Gasteiger partial charge in [-0.2, -0.15) is 0 Å². The first-order valence-corrected chi connectivity index (χ1v) is 14.7. The number of rotatable bonds is 14. The van der Waals surface area contributed by atoms with Crippen LogP contribution in [0.2, 0.25) is 0 Å². The Kier molecular flexibility index (Phi) is 12.2. The summed E-state index contributed by atoms with van der Waals surface area (Å²) < 4.78 is 4.81. The normalized spacial score (nSPS) is 12.8. The van der Waals surface area contributed by atoms with E-state index in [1.807, 2.05) is 51.2 Å². The molecule has 0 bridgehead atoms. The van der Waals surface area contributed by atoms with Crippen LogP contribution in [0.5, 0.6) is 0 Å². The Hall–Kier alpha value is -3.19. The number of aromatic amines is 1. The van der Waals surface area contributed by atoms with Gasteiger partial charge in [0.25, 0.3) is 5.91 Å². The third kappa shape index (κ3) is 11.2. The summed E-state index contributed by atoms with van der Waals surface area (Å²) >= 11 is 0. The predicted octanol–water partition coefficient (Wildman–Crippen LogP) is 2.36. The maximum Gasteiger partial charge on any atom is 0.326 e. The van der Waals surface area contributed by atoms with Crippen LogP contribution < -0.4 is 10.6 Å². The average molecular weight is 581 g/mol. The molecule has 0 aliphatic heterocycles. The second-order valence-corrected chi connectivity index (χ2v) is 13.1. The maximum absolute atomic E-state index is 13.2. The number of aromatic nitrogens is 1. The van der Waals surface area contributed by atoms with E-state index in [2.05, 4.69) is 15.6 Å². The number of hydrogen-bond acceptors (Lipinski definition) is 8. The number of para-hydroxylation sites is 1. The summed E-state index contributed by atoms with van der Waals surface area (Å²) in [6, 6.07) is 5.79. The molecule has 0 aliphatic rings. The van der Waals surface area contributed by atoms with Crippen LogP contribution in [-0.2, 0) is 35.1 Å². The van der Waals surface area contributed by atoms with Gasteiger partial charge in [-0.3, -0.25) is 24.0 Å². The molecule has 39 heavy (non-hydrogen) atoms. The number of amides is 3. The van der Waals surface area contributed by atoms with Crippen molar-refractivity contribution >= 4 is 62.2 Å². The second kappa shape index (κ2) is 14.8. The number of carboxylic acid groups (broad SMARTS) is 1. The highest BCUT2D eigenvalue weighted by molar-refractivity contribution is 8.77. The molecule has 2 atom stereocenters. The van der Waals surface area contributed by atoms with E-state index in [0.29, 0.717) is 6.42 Å². The summed E-state index contributed by atoms with van der Waals surface area (Å²) in [4.78, 5) is 65.1. The van der Waals surface area contributed by atoms with E-state index in [-0.39, 0.29) is 22.8 Å². The number of esters is 1. The van der Waals surface area contributed by atoms with Crippen LogP contribution in [0.1, 0.15) is 39.7 Å². The number of carboxylic acids is 1. The van der Waals surface area contributed by atoms with Crippen LogP contribution in [0.3, 0.4) is 0 Å². The number of H-pyrrole nitrogens is 1.